The van der Waals surface area contributed by atoms with Gasteiger partial charge in [0, 0.05) is 22.2 Å². The van der Waals surface area contributed by atoms with E-state index in [4.69, 9.17) is 11.6 Å². The van der Waals surface area contributed by atoms with E-state index in [1.807, 2.05) is 30.3 Å². The highest BCUT2D eigenvalue weighted by molar-refractivity contribution is 6.30. The van der Waals surface area contributed by atoms with E-state index in [1.54, 1.807) is 12.1 Å². The molecule has 116 valence electrons. The molecule has 1 aliphatic carbocycles. The largest absolute Gasteiger partial charge is 0.545 e. The highest BCUT2D eigenvalue weighted by Crippen LogP contribution is 2.50. The predicted molar refractivity (Wildman–Crippen MR) is 88.6 cm³/mol. The maximum Gasteiger partial charge on any atom is 0.0736 e. The third-order valence-electron chi connectivity index (χ3n) is 4.85. The van der Waals surface area contributed by atoms with E-state index in [0.717, 1.165) is 17.5 Å². The molecule has 1 heterocycles. The van der Waals surface area contributed by atoms with Gasteiger partial charge in [0.1, 0.15) is 0 Å². The fourth-order valence-electron chi connectivity index (χ4n) is 3.79. The Kier molecular flexibility index (Phi) is 3.38. The van der Waals surface area contributed by atoms with E-state index in [0.29, 0.717) is 16.6 Å². The van der Waals surface area contributed by atoms with Gasteiger partial charge in [-0.25, -0.2) is 0 Å². The van der Waals surface area contributed by atoms with Gasteiger partial charge >= 0.3 is 0 Å². The number of allylic oxidation sites excluding steroid dienone is 2. The van der Waals surface area contributed by atoms with Gasteiger partial charge in [-0.1, -0.05) is 54.1 Å². The Labute approximate surface area is 139 Å². The van der Waals surface area contributed by atoms with Crippen molar-refractivity contribution >= 4 is 23.3 Å². The number of halogens is 1. The number of fused-ring (bicyclic) bond motifs is 3. The standard InChI is InChI=1S/C19H16ClNO2/c20-12-9-7-11(8-10-12)17-14-4-1-3-13(14)15-5-2-6-16(19(22)23)18(15)21-17/h1-3,5-10,13-14,17,21H,4H2,(H,22,23)/p-1/t13-,14-,17-/m1/s1. The Bertz CT molecular complexity index is 798. The lowest BCUT2D eigenvalue weighted by molar-refractivity contribution is -0.254. The van der Waals surface area contributed by atoms with Crippen molar-refractivity contribution in [2.45, 2.75) is 18.4 Å². The average Bonchev–Trinajstić information content (AvgIpc) is 3.04. The number of para-hydroxylation sites is 1. The van der Waals surface area contributed by atoms with Crippen LogP contribution in [0, 0.1) is 5.92 Å². The van der Waals surface area contributed by atoms with Crippen LogP contribution >= 0.6 is 11.6 Å². The first-order valence-electron chi connectivity index (χ1n) is 7.68. The van der Waals surface area contributed by atoms with Crippen molar-refractivity contribution in [1.29, 1.82) is 0 Å². The summed E-state index contributed by atoms with van der Waals surface area (Å²) < 4.78 is 0. The summed E-state index contributed by atoms with van der Waals surface area (Å²) in [6, 6.07) is 13.2. The zero-order valence-electron chi connectivity index (χ0n) is 12.3. The number of hydrogen-bond acceptors (Lipinski definition) is 3. The Morgan fingerprint density at radius 3 is 2.70 bits per heavy atom. The highest BCUT2D eigenvalue weighted by atomic mass is 35.5. The quantitative estimate of drug-likeness (QED) is 0.860. The number of benzene rings is 2. The van der Waals surface area contributed by atoms with Gasteiger partial charge < -0.3 is 15.2 Å². The molecule has 0 spiro atoms. The molecular formula is C19H15ClNO2-. The first-order valence-corrected chi connectivity index (χ1v) is 8.06. The number of hydrogen-bond donors (Lipinski definition) is 1. The first-order chi connectivity index (χ1) is 11.1. The van der Waals surface area contributed by atoms with Crippen LogP contribution in [0.15, 0.2) is 54.6 Å². The zero-order chi connectivity index (χ0) is 16.0. The fourth-order valence-corrected chi connectivity index (χ4v) is 3.92. The molecule has 3 atom stereocenters. The van der Waals surface area contributed by atoms with E-state index in [-0.39, 0.29) is 17.5 Å². The number of carbonyl (C=O) groups is 1. The third kappa shape index (κ3) is 2.32. The number of carboxylic acid groups (broad SMARTS) is 1. The van der Waals surface area contributed by atoms with E-state index in [1.165, 1.54) is 0 Å². The maximum absolute atomic E-state index is 11.5. The van der Waals surface area contributed by atoms with Gasteiger partial charge in [-0.15, -0.1) is 0 Å². The van der Waals surface area contributed by atoms with Gasteiger partial charge in [0.2, 0.25) is 0 Å². The molecule has 2 aliphatic rings. The normalized spacial score (nSPS) is 24.7. The minimum absolute atomic E-state index is 0.0558. The highest BCUT2D eigenvalue weighted by Gasteiger charge is 2.38. The van der Waals surface area contributed by atoms with E-state index in [9.17, 15) is 9.90 Å². The van der Waals surface area contributed by atoms with Crippen LogP contribution < -0.4 is 10.4 Å². The molecule has 0 aromatic heterocycles. The lowest BCUT2D eigenvalue weighted by Crippen LogP contribution is -2.32. The predicted octanol–water partition coefficient (Wildman–Crippen LogP) is 3.53. The van der Waals surface area contributed by atoms with Gasteiger partial charge in [-0.2, -0.15) is 0 Å². The maximum atomic E-state index is 11.5. The number of nitrogens with one attached hydrogen (secondary N) is 1. The van der Waals surface area contributed by atoms with Crippen LogP contribution in [0.1, 0.15) is 39.9 Å². The molecule has 0 amide bonds. The summed E-state index contributed by atoms with van der Waals surface area (Å²) in [5.74, 6) is -0.545. The van der Waals surface area contributed by atoms with Crippen molar-refractivity contribution in [3.05, 3.63) is 76.3 Å². The Morgan fingerprint density at radius 1 is 1.17 bits per heavy atom. The van der Waals surface area contributed by atoms with Crippen LogP contribution in [0.3, 0.4) is 0 Å². The Hall–Kier alpha value is -2.26. The molecule has 0 saturated carbocycles. The Morgan fingerprint density at radius 2 is 1.96 bits per heavy atom. The van der Waals surface area contributed by atoms with Crippen LogP contribution in [-0.2, 0) is 0 Å². The summed E-state index contributed by atoms with van der Waals surface area (Å²) in [4.78, 5) is 11.5. The molecule has 2 aromatic rings. The molecule has 0 fully saturated rings. The van der Waals surface area contributed by atoms with Crippen LogP contribution in [0.2, 0.25) is 5.02 Å². The van der Waals surface area contributed by atoms with Crippen LogP contribution in [-0.4, -0.2) is 5.97 Å². The minimum atomic E-state index is -1.15. The molecule has 0 radical (unpaired) electrons. The fraction of sp³-hybridized carbons (Fsp3) is 0.211. The van der Waals surface area contributed by atoms with E-state index in [2.05, 4.69) is 17.5 Å². The van der Waals surface area contributed by atoms with Crippen LogP contribution in [0.5, 0.6) is 0 Å². The number of anilines is 1. The zero-order valence-corrected chi connectivity index (χ0v) is 13.1. The van der Waals surface area contributed by atoms with Crippen LogP contribution in [0.4, 0.5) is 5.69 Å². The van der Waals surface area contributed by atoms with Gasteiger partial charge in [0.05, 0.1) is 12.0 Å². The summed E-state index contributed by atoms with van der Waals surface area (Å²) >= 11 is 5.99. The monoisotopic (exact) mass is 324 g/mol. The lowest BCUT2D eigenvalue weighted by atomic mass is 9.76. The molecule has 4 heteroatoms. The molecule has 2 aromatic carbocycles. The molecule has 23 heavy (non-hydrogen) atoms. The third-order valence-corrected chi connectivity index (χ3v) is 5.10. The molecule has 4 rings (SSSR count). The van der Waals surface area contributed by atoms with Gasteiger partial charge in [0.25, 0.3) is 0 Å². The average molecular weight is 325 g/mol. The number of carboxylic acids is 1. The van der Waals surface area contributed by atoms with E-state index >= 15 is 0 Å². The summed E-state index contributed by atoms with van der Waals surface area (Å²) in [6.07, 6.45) is 5.34. The molecule has 0 unspecified atom stereocenters. The molecule has 0 saturated heterocycles. The molecule has 1 N–H and O–H groups in total. The molecule has 0 bridgehead atoms. The summed E-state index contributed by atoms with van der Waals surface area (Å²) in [5, 5.41) is 15.6. The van der Waals surface area contributed by atoms with Gasteiger partial charge in [0.15, 0.2) is 0 Å². The van der Waals surface area contributed by atoms with Crippen molar-refractivity contribution in [2.75, 3.05) is 5.32 Å². The topological polar surface area (TPSA) is 52.2 Å². The summed E-state index contributed by atoms with van der Waals surface area (Å²) in [5.41, 5.74) is 3.06. The number of rotatable bonds is 2. The summed E-state index contributed by atoms with van der Waals surface area (Å²) in [7, 11) is 0. The smallest absolute Gasteiger partial charge is 0.0736 e. The second kappa shape index (κ2) is 5.43. The van der Waals surface area contributed by atoms with Gasteiger partial charge in [-0.3, -0.25) is 0 Å². The Balaban J connectivity index is 1.83. The first kappa shape index (κ1) is 14.3. The SMILES string of the molecule is O=C([O-])c1cccc2c1N[C@H](c1ccc(Cl)cc1)[C@@H]1CC=C[C@@H]21. The van der Waals surface area contributed by atoms with Crippen LogP contribution in [0.25, 0.3) is 0 Å². The molecule has 1 aliphatic heterocycles. The second-order valence-corrected chi connectivity index (χ2v) is 6.52. The van der Waals surface area contributed by atoms with Crippen molar-refractivity contribution in [1.82, 2.24) is 0 Å². The lowest BCUT2D eigenvalue weighted by Gasteiger charge is -2.38. The van der Waals surface area contributed by atoms with Gasteiger partial charge in [-0.05, 0) is 35.6 Å². The van der Waals surface area contributed by atoms with E-state index < -0.39 is 5.97 Å². The van der Waals surface area contributed by atoms with Crippen molar-refractivity contribution in [3.8, 4) is 0 Å². The summed E-state index contributed by atoms with van der Waals surface area (Å²) in [6.45, 7) is 0. The number of carbonyl (C=O) groups excluding carboxylic acids is 1. The van der Waals surface area contributed by atoms with Crippen molar-refractivity contribution < 1.29 is 9.90 Å². The molecular weight excluding hydrogens is 310 g/mol. The van der Waals surface area contributed by atoms with Crippen molar-refractivity contribution in [2.24, 2.45) is 5.92 Å². The number of aromatic carboxylic acids is 1. The van der Waals surface area contributed by atoms with Crippen molar-refractivity contribution in [3.63, 3.8) is 0 Å². The minimum Gasteiger partial charge on any atom is -0.545 e. The second-order valence-electron chi connectivity index (χ2n) is 6.08. The molecule has 3 nitrogen and oxygen atoms in total.